The SMILES string of the molecule is O=C1C2(F)C(F)(F)C3(F)C(F)(F)C1(F)C(F)(OCC(O)COCCCOCC(O)COC1(F)C4(F)C(=O)C5(F)C(F)(F)C(F)(C4(F)F)C(F)(F)C1(F)C5(F)F)C(F)(C2(F)F)C3(F)F. The zero-order valence-corrected chi connectivity index (χ0v) is 29.3. The van der Waals surface area contributed by atoms with Crippen LogP contribution in [0.25, 0.3) is 0 Å². The number of hydrogen-bond acceptors (Lipinski definition) is 8. The van der Waals surface area contributed by atoms with Gasteiger partial charge in [-0.1, -0.05) is 0 Å². The van der Waals surface area contributed by atoms with Gasteiger partial charge in [-0.25, -0.2) is 43.9 Å². The van der Waals surface area contributed by atoms with Gasteiger partial charge in [0.1, 0.15) is 12.2 Å². The molecular formula is C29H18F26O8. The van der Waals surface area contributed by atoms with Gasteiger partial charge in [0.05, 0.1) is 26.4 Å². The van der Waals surface area contributed by atoms with Crippen molar-refractivity contribution in [1.29, 1.82) is 0 Å². The maximum absolute atomic E-state index is 15.8. The normalized spacial score (nSPS) is 49.0. The molecule has 34 heteroatoms. The van der Waals surface area contributed by atoms with Crippen LogP contribution in [0.5, 0.6) is 0 Å². The fourth-order valence-corrected chi connectivity index (χ4v) is 8.80. The summed E-state index contributed by atoms with van der Waals surface area (Å²) in [6.07, 6.45) is -6.44. The minimum atomic E-state index is -7.87. The number of halogens is 26. The Balaban J connectivity index is 1.06. The van der Waals surface area contributed by atoms with E-state index in [1.807, 2.05) is 0 Å². The van der Waals surface area contributed by atoms with Crippen molar-refractivity contribution < 1.29 is 153 Å². The fourth-order valence-electron chi connectivity index (χ4n) is 8.80. The van der Waals surface area contributed by atoms with E-state index in [9.17, 15) is 108 Å². The van der Waals surface area contributed by atoms with Crippen molar-refractivity contribution in [2.24, 2.45) is 0 Å². The standard InChI is InChI=1S/C29H18F26O8/c30-12-10(58)14(32)24(46,47)16(34,20(12,38)39)26(50,51)18(36,22(12,42)43)28(14,54)62-6-8(56)4-60-2-1-3-61-5-9(57)7-63-29(55)15(33)11(59)13(31)21(40,41)17(35,25(15,48)49)27(52,53)19(29,37)23(13,44)45/h8-9,56-57H,1-7H2. The Morgan fingerprint density at radius 1 is 0.349 bits per heavy atom. The minimum Gasteiger partial charge on any atom is -0.388 e. The highest BCUT2D eigenvalue weighted by molar-refractivity contribution is 6.05. The largest absolute Gasteiger partial charge is 0.388 e. The third-order valence-corrected chi connectivity index (χ3v) is 12.1. The molecule has 12 unspecified atom stereocenters. The molecule has 8 nitrogen and oxygen atoms in total. The van der Waals surface area contributed by atoms with Gasteiger partial charge in [0, 0.05) is 13.2 Å². The summed E-state index contributed by atoms with van der Waals surface area (Å²) in [5, 5.41) is 19.6. The summed E-state index contributed by atoms with van der Waals surface area (Å²) in [5.41, 5.74) is -59.3. The number of aliphatic hydroxyl groups excluding tert-OH is 2. The summed E-state index contributed by atoms with van der Waals surface area (Å²) >= 11 is 0. The Morgan fingerprint density at radius 3 is 0.857 bits per heavy atom. The van der Waals surface area contributed by atoms with Crippen molar-refractivity contribution in [2.45, 2.75) is 123 Å². The van der Waals surface area contributed by atoms with E-state index < -0.39 is 174 Å². The zero-order valence-electron chi connectivity index (χ0n) is 29.3. The second kappa shape index (κ2) is 12.2. The molecule has 0 spiro atoms. The monoisotopic (exact) mass is 988 g/mol. The van der Waals surface area contributed by atoms with Crippen LogP contribution in [0.2, 0.25) is 0 Å². The number of carbonyl (C=O) groups excluding carboxylic acids is 2. The molecule has 2 N–H and O–H groups in total. The molecule has 8 saturated carbocycles. The lowest BCUT2D eigenvalue weighted by Crippen LogP contribution is -3.07. The molecule has 8 rings (SSSR count). The first-order chi connectivity index (χ1) is 27.8. The van der Waals surface area contributed by atoms with Crippen molar-refractivity contribution in [3.8, 4) is 0 Å². The van der Waals surface area contributed by atoms with Crippen molar-refractivity contribution in [3.05, 3.63) is 0 Å². The van der Waals surface area contributed by atoms with E-state index in [2.05, 4.69) is 18.9 Å². The van der Waals surface area contributed by atoms with E-state index in [1.165, 1.54) is 0 Å². The smallest absolute Gasteiger partial charge is 0.340 e. The summed E-state index contributed by atoms with van der Waals surface area (Å²) in [5.74, 6) is -85.1. The molecule has 8 aliphatic rings. The minimum absolute atomic E-state index is 0.710. The Hall–Kier alpha value is -2.72. The topological polar surface area (TPSA) is 112 Å². The number of alkyl halides is 26. The van der Waals surface area contributed by atoms with E-state index >= 15 is 26.3 Å². The first-order valence-electron chi connectivity index (χ1n) is 16.6. The number of hydrogen-bond donors (Lipinski definition) is 2. The molecule has 8 bridgehead atoms. The maximum Gasteiger partial charge on any atom is 0.340 e. The van der Waals surface area contributed by atoms with Gasteiger partial charge < -0.3 is 29.2 Å². The second-order valence-electron chi connectivity index (χ2n) is 15.1. The number of Topliss-reactive ketones (excluding diaryl/α,β-unsaturated/α-hetero) is 2. The van der Waals surface area contributed by atoms with Crippen LogP contribution in [0, 0.1) is 0 Å². The third kappa shape index (κ3) is 3.90. The van der Waals surface area contributed by atoms with Gasteiger partial charge in [-0.3, -0.25) is 9.59 Å². The number of ether oxygens (including phenoxy) is 4. The number of aliphatic hydroxyl groups is 2. The van der Waals surface area contributed by atoms with Crippen molar-refractivity contribution in [1.82, 2.24) is 0 Å². The number of carbonyl (C=O) groups is 2. The molecule has 0 aromatic rings. The van der Waals surface area contributed by atoms with Gasteiger partial charge in [0.25, 0.3) is 11.3 Å². The van der Waals surface area contributed by atoms with E-state index in [0.717, 1.165) is 0 Å². The first-order valence-corrected chi connectivity index (χ1v) is 16.6. The average molecular weight is 988 g/mol. The molecular weight excluding hydrogens is 970 g/mol. The molecule has 0 saturated heterocycles. The maximum atomic E-state index is 15.8. The molecule has 63 heavy (non-hydrogen) atoms. The van der Waals surface area contributed by atoms with Gasteiger partial charge in [-0.2, -0.15) is 70.2 Å². The Morgan fingerprint density at radius 2 is 0.587 bits per heavy atom. The molecule has 0 heterocycles. The number of rotatable bonds is 14. The molecule has 8 aliphatic carbocycles. The van der Waals surface area contributed by atoms with Gasteiger partial charge in [-0.05, 0) is 6.42 Å². The molecule has 0 aromatic heterocycles. The molecule has 0 amide bonds. The Labute approximate surface area is 328 Å². The van der Waals surface area contributed by atoms with Crippen LogP contribution < -0.4 is 0 Å². The van der Waals surface area contributed by atoms with Gasteiger partial charge in [0.15, 0.2) is 0 Å². The van der Waals surface area contributed by atoms with E-state index in [-0.39, 0.29) is 0 Å². The van der Waals surface area contributed by atoms with Crippen molar-refractivity contribution in [2.75, 3.05) is 39.6 Å². The molecule has 364 valence electrons. The van der Waals surface area contributed by atoms with Crippen LogP contribution in [0.3, 0.4) is 0 Å². The molecule has 12 atom stereocenters. The molecule has 0 aromatic carbocycles. The van der Waals surface area contributed by atoms with Gasteiger partial charge in [0.2, 0.25) is 11.6 Å². The lowest BCUT2D eigenvalue weighted by molar-refractivity contribution is -0.556. The summed E-state index contributed by atoms with van der Waals surface area (Å²) < 4.78 is 404. The quantitative estimate of drug-likeness (QED) is 0.175. The molecule has 0 aliphatic heterocycles. The van der Waals surface area contributed by atoms with Crippen LogP contribution in [0.15, 0.2) is 0 Å². The fraction of sp³-hybridized carbons (Fsp3) is 0.931. The lowest BCUT2D eigenvalue weighted by Gasteiger charge is -2.71. The van der Waals surface area contributed by atoms with Crippen LogP contribution in [-0.4, -0.2) is 178 Å². The first kappa shape index (κ1) is 49.7. The van der Waals surface area contributed by atoms with E-state index in [1.54, 1.807) is 0 Å². The van der Waals surface area contributed by atoms with Crippen LogP contribution in [0.4, 0.5) is 114 Å². The third-order valence-electron chi connectivity index (χ3n) is 12.1. The lowest BCUT2D eigenvalue weighted by atomic mass is 9.41. The van der Waals surface area contributed by atoms with Gasteiger partial charge >= 0.3 is 93.1 Å². The Kier molecular flexibility index (Phi) is 9.65. The summed E-state index contributed by atoms with van der Waals surface area (Å²) in [4.78, 5) is 24.2. The van der Waals surface area contributed by atoms with E-state index in [0.29, 0.717) is 0 Å². The Bertz CT molecular complexity index is 1850. The highest BCUT2D eigenvalue weighted by Crippen LogP contribution is 2.87. The molecule has 8 fully saturated rings. The second-order valence-corrected chi connectivity index (χ2v) is 15.1. The summed E-state index contributed by atoms with van der Waals surface area (Å²) in [6, 6.07) is 0. The highest BCUT2D eigenvalue weighted by Gasteiger charge is 3.21. The summed E-state index contributed by atoms with van der Waals surface area (Å²) in [7, 11) is 0. The van der Waals surface area contributed by atoms with Crippen LogP contribution >= 0.6 is 0 Å². The number of ketones is 2. The predicted octanol–water partition coefficient (Wildman–Crippen LogP) is 5.46. The van der Waals surface area contributed by atoms with Crippen molar-refractivity contribution >= 4 is 11.6 Å². The van der Waals surface area contributed by atoms with E-state index in [4.69, 9.17) is 0 Å². The highest BCUT2D eigenvalue weighted by atomic mass is 19.4. The summed E-state index contributed by atoms with van der Waals surface area (Å²) in [6.45, 7) is -10.1. The predicted molar refractivity (Wildman–Crippen MR) is 138 cm³/mol. The van der Waals surface area contributed by atoms with Crippen LogP contribution in [-0.2, 0) is 28.5 Å². The zero-order chi connectivity index (χ0) is 49.1. The molecule has 0 radical (unpaired) electrons. The average Bonchev–Trinajstić information content (AvgIpc) is 3.17. The van der Waals surface area contributed by atoms with Crippen LogP contribution in [0.1, 0.15) is 6.42 Å². The van der Waals surface area contributed by atoms with Crippen molar-refractivity contribution in [3.63, 3.8) is 0 Å². The van der Waals surface area contributed by atoms with Gasteiger partial charge in [-0.15, -0.1) is 0 Å².